The molecule has 1 aliphatic rings. The first-order chi connectivity index (χ1) is 21.8. The molecule has 0 N–H and O–H groups in total. The molecule has 9 nitrogen and oxygen atoms in total. The Labute approximate surface area is 272 Å². The van der Waals surface area contributed by atoms with Gasteiger partial charge < -0.3 is 18.9 Å². The Morgan fingerprint density at radius 1 is 0.933 bits per heavy atom. The number of halogens is 1. The van der Waals surface area contributed by atoms with E-state index in [0.717, 1.165) is 11.1 Å². The Hall–Kier alpha value is -4.48. The zero-order chi connectivity index (χ0) is 31.9. The van der Waals surface area contributed by atoms with Crippen molar-refractivity contribution in [3.8, 4) is 11.5 Å². The van der Waals surface area contributed by atoms with Crippen molar-refractivity contribution < 1.29 is 28.5 Å². The van der Waals surface area contributed by atoms with Gasteiger partial charge in [0.1, 0.15) is 11.5 Å². The van der Waals surface area contributed by atoms with Gasteiger partial charge in [-0.3, -0.25) is 9.36 Å². The van der Waals surface area contributed by atoms with E-state index in [-0.39, 0.29) is 31.0 Å². The summed E-state index contributed by atoms with van der Waals surface area (Å²) < 4.78 is 24.2. The molecule has 0 saturated carbocycles. The van der Waals surface area contributed by atoms with Crippen molar-refractivity contribution in [3.63, 3.8) is 0 Å². The number of ether oxygens (including phenoxy) is 4. The molecular weight excluding hydrogens is 660 g/mol. The van der Waals surface area contributed by atoms with E-state index in [4.69, 9.17) is 23.9 Å². The maximum Gasteiger partial charge on any atom is 0.344 e. The maximum atomic E-state index is 14.1. The number of thiazole rings is 1. The van der Waals surface area contributed by atoms with Crippen LogP contribution in [0.3, 0.4) is 0 Å². The van der Waals surface area contributed by atoms with Gasteiger partial charge in [0.25, 0.3) is 5.56 Å². The van der Waals surface area contributed by atoms with Crippen molar-refractivity contribution in [2.45, 2.75) is 26.8 Å². The third-order valence-corrected chi connectivity index (χ3v) is 8.39. The van der Waals surface area contributed by atoms with E-state index in [1.807, 2.05) is 61.5 Å². The van der Waals surface area contributed by atoms with Gasteiger partial charge in [0, 0.05) is 5.56 Å². The molecule has 0 amide bonds. The molecule has 0 fully saturated rings. The van der Waals surface area contributed by atoms with Crippen molar-refractivity contribution in [1.82, 2.24) is 4.57 Å². The average molecular weight is 692 g/mol. The van der Waals surface area contributed by atoms with Crippen LogP contribution in [0, 0.1) is 0 Å². The Balaban J connectivity index is 1.65. The number of carbonyl (C=O) groups excluding carboxylic acids is 2. The van der Waals surface area contributed by atoms with Crippen molar-refractivity contribution >= 4 is 51.0 Å². The minimum atomic E-state index is -0.793. The SMILES string of the molecule is CCOC(=O)COc1ccc(/C=c2\sc3n(c2=O)[C@H](c2ccc(OCC)cc2)C(C(=O)OCC)=C(c2ccccc2)N=3)cc1Br. The van der Waals surface area contributed by atoms with Gasteiger partial charge in [-0.1, -0.05) is 59.9 Å². The van der Waals surface area contributed by atoms with Gasteiger partial charge in [0.2, 0.25) is 0 Å². The fourth-order valence-electron chi connectivity index (χ4n) is 4.88. The predicted octanol–water partition coefficient (Wildman–Crippen LogP) is 5.04. The van der Waals surface area contributed by atoms with Crippen LogP contribution in [0.25, 0.3) is 11.8 Å². The van der Waals surface area contributed by atoms with E-state index in [0.29, 0.717) is 43.2 Å². The molecule has 1 aromatic heterocycles. The first kappa shape index (κ1) is 31.9. The van der Waals surface area contributed by atoms with E-state index in [1.165, 1.54) is 11.3 Å². The van der Waals surface area contributed by atoms with Crippen LogP contribution in [-0.4, -0.2) is 42.9 Å². The van der Waals surface area contributed by atoms with Crippen molar-refractivity contribution in [1.29, 1.82) is 0 Å². The third-order valence-electron chi connectivity index (χ3n) is 6.79. The first-order valence-electron chi connectivity index (χ1n) is 14.4. The highest BCUT2D eigenvalue weighted by atomic mass is 79.9. The third kappa shape index (κ3) is 7.10. The predicted molar refractivity (Wildman–Crippen MR) is 175 cm³/mol. The molecule has 4 aromatic rings. The molecule has 0 saturated heterocycles. The number of rotatable bonds is 11. The second-order valence-corrected chi connectivity index (χ2v) is 11.6. The maximum absolute atomic E-state index is 14.1. The molecule has 45 heavy (non-hydrogen) atoms. The summed E-state index contributed by atoms with van der Waals surface area (Å²) in [6, 6.07) is 21.2. The molecule has 1 atom stereocenters. The van der Waals surface area contributed by atoms with E-state index >= 15 is 0 Å². The Bertz CT molecular complexity index is 1910. The van der Waals surface area contributed by atoms with E-state index in [2.05, 4.69) is 15.9 Å². The summed E-state index contributed by atoms with van der Waals surface area (Å²) in [6.07, 6.45) is 1.76. The zero-order valence-electron chi connectivity index (χ0n) is 24.9. The smallest absolute Gasteiger partial charge is 0.344 e. The van der Waals surface area contributed by atoms with Crippen molar-refractivity contribution in [2.24, 2.45) is 4.99 Å². The second-order valence-electron chi connectivity index (χ2n) is 9.72. The summed E-state index contributed by atoms with van der Waals surface area (Å²) in [5, 5.41) is 0. The molecule has 0 radical (unpaired) electrons. The number of hydrogen-bond donors (Lipinski definition) is 0. The standard InChI is InChI=1S/C34H31BrN2O7S/c1-4-41-24-15-13-23(14-16-24)31-29(33(40)43-6-3)30(22-10-8-7-9-11-22)36-34-37(31)32(39)27(45-34)19-21-12-17-26(25(35)18-21)44-20-28(38)42-5-2/h7-19,31H,4-6,20H2,1-3H3/b27-19-/t31-/m1/s1. The first-order valence-corrected chi connectivity index (χ1v) is 16.0. The number of carbonyl (C=O) groups is 2. The van der Waals surface area contributed by atoms with Gasteiger partial charge in [0.15, 0.2) is 11.4 Å². The highest BCUT2D eigenvalue weighted by Crippen LogP contribution is 2.35. The normalized spacial score (nSPS) is 14.4. The van der Waals surface area contributed by atoms with Crippen LogP contribution >= 0.6 is 27.3 Å². The molecule has 5 rings (SSSR count). The average Bonchev–Trinajstić information content (AvgIpc) is 3.35. The molecule has 0 bridgehead atoms. The molecule has 0 unspecified atom stereocenters. The summed E-state index contributed by atoms with van der Waals surface area (Å²) in [7, 11) is 0. The van der Waals surface area contributed by atoms with Crippen LogP contribution in [0.1, 0.15) is 43.5 Å². The van der Waals surface area contributed by atoms with E-state index in [9.17, 15) is 14.4 Å². The number of nitrogens with zero attached hydrogens (tertiary/aromatic N) is 2. The molecule has 0 spiro atoms. The number of benzene rings is 3. The molecule has 11 heteroatoms. The molecule has 3 aromatic carbocycles. The molecular formula is C34H31BrN2O7S. The van der Waals surface area contributed by atoms with Crippen molar-refractivity contribution in [2.75, 3.05) is 26.4 Å². The summed E-state index contributed by atoms with van der Waals surface area (Å²) in [5.74, 6) is 0.131. The largest absolute Gasteiger partial charge is 0.494 e. The molecule has 1 aliphatic heterocycles. The Morgan fingerprint density at radius 3 is 2.33 bits per heavy atom. The molecule has 2 heterocycles. The highest BCUT2D eigenvalue weighted by molar-refractivity contribution is 9.10. The van der Waals surface area contributed by atoms with Gasteiger partial charge in [0.05, 0.1) is 46.1 Å². The second kappa shape index (κ2) is 14.5. The number of fused-ring (bicyclic) bond motifs is 1. The summed E-state index contributed by atoms with van der Waals surface area (Å²) in [4.78, 5) is 44.8. The van der Waals surface area contributed by atoms with Gasteiger partial charge in [-0.15, -0.1) is 0 Å². The zero-order valence-corrected chi connectivity index (χ0v) is 27.4. The summed E-state index contributed by atoms with van der Waals surface area (Å²) in [5.41, 5.74) is 2.59. The Kier molecular flexibility index (Phi) is 10.3. The van der Waals surface area contributed by atoms with Gasteiger partial charge in [-0.05, 0) is 78.2 Å². The van der Waals surface area contributed by atoms with E-state index < -0.39 is 18.0 Å². The minimum absolute atomic E-state index is 0.166. The molecule has 0 aliphatic carbocycles. The summed E-state index contributed by atoms with van der Waals surface area (Å²) >= 11 is 4.72. The fourth-order valence-corrected chi connectivity index (χ4v) is 6.40. The lowest BCUT2D eigenvalue weighted by molar-refractivity contribution is -0.145. The lowest BCUT2D eigenvalue weighted by atomic mass is 9.93. The minimum Gasteiger partial charge on any atom is -0.494 e. The van der Waals surface area contributed by atoms with Crippen LogP contribution in [0.5, 0.6) is 11.5 Å². The lowest BCUT2D eigenvalue weighted by Gasteiger charge is -2.26. The van der Waals surface area contributed by atoms with Crippen LogP contribution in [-0.2, 0) is 19.1 Å². The van der Waals surface area contributed by atoms with Crippen LogP contribution in [0.4, 0.5) is 0 Å². The van der Waals surface area contributed by atoms with E-state index in [1.54, 1.807) is 42.7 Å². The number of esters is 2. The van der Waals surface area contributed by atoms with Gasteiger partial charge >= 0.3 is 11.9 Å². The van der Waals surface area contributed by atoms with Crippen LogP contribution < -0.4 is 24.4 Å². The van der Waals surface area contributed by atoms with Gasteiger partial charge in [-0.2, -0.15) is 0 Å². The summed E-state index contributed by atoms with van der Waals surface area (Å²) in [6.45, 7) is 6.10. The Morgan fingerprint density at radius 2 is 1.67 bits per heavy atom. The monoisotopic (exact) mass is 690 g/mol. The van der Waals surface area contributed by atoms with Gasteiger partial charge in [-0.25, -0.2) is 14.6 Å². The quantitative estimate of drug-likeness (QED) is 0.203. The number of hydrogen-bond acceptors (Lipinski definition) is 9. The fraction of sp³-hybridized carbons (Fsp3) is 0.235. The van der Waals surface area contributed by atoms with Crippen LogP contribution in [0.2, 0.25) is 0 Å². The molecule has 232 valence electrons. The van der Waals surface area contributed by atoms with Crippen LogP contribution in [0.15, 0.2) is 92.6 Å². The lowest BCUT2D eigenvalue weighted by Crippen LogP contribution is -2.40. The van der Waals surface area contributed by atoms with Crippen molar-refractivity contribution in [3.05, 3.63) is 119 Å². The highest BCUT2D eigenvalue weighted by Gasteiger charge is 2.35. The topological polar surface area (TPSA) is 105 Å². The number of aromatic nitrogens is 1.